The fourth-order valence-corrected chi connectivity index (χ4v) is 5.36. The first kappa shape index (κ1) is 34.5. The summed E-state index contributed by atoms with van der Waals surface area (Å²) in [5, 5.41) is 9.52. The lowest BCUT2D eigenvalue weighted by atomic mass is 10.1. The number of anilines is 3. The number of fused-ring (bicyclic) bond motifs is 10. The van der Waals surface area contributed by atoms with Crippen LogP contribution in [0, 0.1) is 5.92 Å². The maximum absolute atomic E-state index is 13.5. The molecule has 3 aliphatic heterocycles. The van der Waals surface area contributed by atoms with Crippen LogP contribution in [0.2, 0.25) is 0 Å². The first-order chi connectivity index (χ1) is 23.1. The van der Waals surface area contributed by atoms with Gasteiger partial charge in [0.25, 0.3) is 5.91 Å². The number of rotatable bonds is 5. The maximum atomic E-state index is 13.5. The predicted molar refractivity (Wildman–Crippen MR) is 182 cm³/mol. The van der Waals surface area contributed by atoms with E-state index in [2.05, 4.69) is 30.9 Å². The number of carbonyl (C=O) groups is 2. The first-order valence-corrected chi connectivity index (χ1v) is 16.8. The lowest BCUT2D eigenvalue weighted by Gasteiger charge is -2.24. The minimum atomic E-state index is -0.552. The molecule has 2 aromatic carbocycles. The van der Waals surface area contributed by atoms with Crippen LogP contribution in [-0.4, -0.2) is 76.9 Å². The van der Waals surface area contributed by atoms with Crippen LogP contribution in [0.5, 0.6) is 17.5 Å². The molecule has 2 amide bonds. The molecule has 1 saturated heterocycles. The van der Waals surface area contributed by atoms with Crippen molar-refractivity contribution in [1.82, 2.24) is 25.2 Å². The van der Waals surface area contributed by atoms with Crippen molar-refractivity contribution >= 4 is 29.6 Å². The third-order valence-electron chi connectivity index (χ3n) is 7.80. The summed E-state index contributed by atoms with van der Waals surface area (Å²) < 4.78 is 23.2. The van der Waals surface area contributed by atoms with Gasteiger partial charge >= 0.3 is 12.1 Å². The summed E-state index contributed by atoms with van der Waals surface area (Å²) >= 11 is 0. The molecule has 4 heterocycles. The largest absolute Gasteiger partial charge is 0.494 e. The van der Waals surface area contributed by atoms with Crippen molar-refractivity contribution in [2.75, 3.05) is 50.1 Å². The Hall–Kier alpha value is -4.81. The average molecular weight is 662 g/mol. The average Bonchev–Trinajstić information content (AvgIpc) is 3.53. The van der Waals surface area contributed by atoms with Gasteiger partial charge in [0.1, 0.15) is 17.1 Å². The fraction of sp³-hybridized carbons (Fsp3) is 0.514. The topological polar surface area (TPSA) is 149 Å². The molecule has 13 nitrogen and oxygen atoms in total. The van der Waals surface area contributed by atoms with Gasteiger partial charge in [-0.15, -0.1) is 0 Å². The van der Waals surface area contributed by atoms with E-state index in [0.29, 0.717) is 68.9 Å². The van der Waals surface area contributed by atoms with E-state index in [0.717, 1.165) is 43.4 Å². The monoisotopic (exact) mass is 661 g/mol. The van der Waals surface area contributed by atoms with Gasteiger partial charge in [-0.05, 0) is 95.5 Å². The number of benzene rings is 2. The quantitative estimate of drug-likeness (QED) is 0.298. The van der Waals surface area contributed by atoms with Gasteiger partial charge in [-0.3, -0.25) is 4.79 Å². The summed E-state index contributed by atoms with van der Waals surface area (Å²) in [7, 11) is 0. The molecule has 1 fully saturated rings. The Balaban J connectivity index is 1.30. The second-order valence-electron chi connectivity index (χ2n) is 12.9. The standard InChI is InChI=1S/C35H47N7O6/c1-5-45-33-40-31-37-21-24-10-13-27(14-11-24)46-18-8-6-7-9-19-47-29-20-26(38-32(39-31)41-33)12-15-28(29)30(43)36-22-25-16-17-42(23-25)34(44)48-35(2,3)4/h10-15,20,25H,5-9,16-19,21-23H2,1-4H3,(H,36,43)(H2,37,38,39,40,41). The van der Waals surface area contributed by atoms with Gasteiger partial charge in [-0.25, -0.2) is 4.79 Å². The van der Waals surface area contributed by atoms with Crippen molar-refractivity contribution in [1.29, 1.82) is 0 Å². The van der Waals surface area contributed by atoms with Crippen LogP contribution in [-0.2, 0) is 11.3 Å². The third kappa shape index (κ3) is 10.3. The van der Waals surface area contributed by atoms with Gasteiger partial charge in [-0.1, -0.05) is 12.1 Å². The van der Waals surface area contributed by atoms with Gasteiger partial charge in [-0.2, -0.15) is 15.0 Å². The number of hydrogen-bond acceptors (Lipinski definition) is 11. The highest BCUT2D eigenvalue weighted by Gasteiger charge is 2.30. The van der Waals surface area contributed by atoms with Crippen LogP contribution < -0.4 is 30.2 Å². The second-order valence-corrected chi connectivity index (χ2v) is 12.9. The minimum absolute atomic E-state index is 0.130. The summed E-state index contributed by atoms with van der Waals surface area (Å²) in [6, 6.07) is 13.4. The van der Waals surface area contributed by atoms with E-state index < -0.39 is 5.60 Å². The number of nitrogens with zero attached hydrogens (tertiary/aromatic N) is 4. The van der Waals surface area contributed by atoms with Crippen LogP contribution >= 0.6 is 0 Å². The van der Waals surface area contributed by atoms with Crippen LogP contribution in [0.25, 0.3) is 0 Å². The number of aromatic nitrogens is 3. The molecule has 3 N–H and O–H groups in total. The maximum Gasteiger partial charge on any atom is 0.410 e. The summed E-state index contributed by atoms with van der Waals surface area (Å²) in [5.41, 5.74) is 1.56. The highest BCUT2D eigenvalue weighted by molar-refractivity contribution is 5.97. The Bertz CT molecular complexity index is 1530. The number of ether oxygens (including phenoxy) is 4. The predicted octanol–water partition coefficient (Wildman–Crippen LogP) is 5.94. The Morgan fingerprint density at radius 2 is 1.73 bits per heavy atom. The first-order valence-electron chi connectivity index (χ1n) is 16.8. The molecule has 6 rings (SSSR count). The molecule has 6 bridgehead atoms. The molecule has 3 aromatic rings. The van der Waals surface area contributed by atoms with Gasteiger partial charge < -0.3 is 39.8 Å². The summed E-state index contributed by atoms with van der Waals surface area (Å²) in [6.45, 7) is 11.0. The summed E-state index contributed by atoms with van der Waals surface area (Å²) in [4.78, 5) is 41.0. The van der Waals surface area contributed by atoms with E-state index in [4.69, 9.17) is 18.9 Å². The highest BCUT2D eigenvalue weighted by atomic mass is 16.6. The van der Waals surface area contributed by atoms with Crippen molar-refractivity contribution in [3.05, 3.63) is 53.6 Å². The second kappa shape index (κ2) is 16.3. The van der Waals surface area contributed by atoms with Crippen molar-refractivity contribution in [2.24, 2.45) is 5.92 Å². The van der Waals surface area contributed by atoms with Crippen LogP contribution in [0.15, 0.2) is 42.5 Å². The molecule has 0 aliphatic carbocycles. The Morgan fingerprint density at radius 3 is 2.48 bits per heavy atom. The van der Waals surface area contributed by atoms with Crippen LogP contribution in [0.3, 0.4) is 0 Å². The van der Waals surface area contributed by atoms with E-state index in [9.17, 15) is 9.59 Å². The molecule has 1 aromatic heterocycles. The van der Waals surface area contributed by atoms with Crippen LogP contribution in [0.1, 0.15) is 75.7 Å². The summed E-state index contributed by atoms with van der Waals surface area (Å²) in [5.74, 6) is 1.80. The molecule has 1 unspecified atom stereocenters. The summed E-state index contributed by atoms with van der Waals surface area (Å²) in [6.07, 6.45) is 4.20. The Labute approximate surface area is 282 Å². The van der Waals surface area contributed by atoms with E-state index in [1.54, 1.807) is 23.1 Å². The zero-order valence-corrected chi connectivity index (χ0v) is 28.3. The zero-order chi connectivity index (χ0) is 33.9. The normalized spacial score (nSPS) is 17.1. The van der Waals surface area contributed by atoms with Crippen molar-refractivity contribution < 1.29 is 28.5 Å². The molecule has 13 heteroatoms. The van der Waals surface area contributed by atoms with E-state index in [1.807, 2.05) is 52.0 Å². The van der Waals surface area contributed by atoms with Crippen molar-refractivity contribution in [3.8, 4) is 17.5 Å². The molecule has 0 spiro atoms. The number of likely N-dealkylation sites (tertiary alicyclic amines) is 1. The minimum Gasteiger partial charge on any atom is -0.494 e. The Kier molecular flexibility index (Phi) is 11.8. The number of nitrogens with one attached hydrogen (secondary N) is 3. The van der Waals surface area contributed by atoms with Gasteiger partial charge in [0, 0.05) is 37.9 Å². The molecule has 258 valence electrons. The van der Waals surface area contributed by atoms with Gasteiger partial charge in [0.2, 0.25) is 11.9 Å². The van der Waals surface area contributed by atoms with Crippen LogP contribution in [0.4, 0.5) is 22.4 Å². The van der Waals surface area contributed by atoms with E-state index >= 15 is 0 Å². The molecule has 3 aliphatic rings. The highest BCUT2D eigenvalue weighted by Crippen LogP contribution is 2.27. The number of hydrogen-bond donors (Lipinski definition) is 3. The third-order valence-corrected chi connectivity index (χ3v) is 7.80. The SMILES string of the molecule is CCOc1nc2nc(n1)Nc1ccc(C(=O)NCC3CCN(C(=O)OC(C)(C)C)C3)c(c1)OCCCCCCOc1ccc(cc1)CN2. The Morgan fingerprint density at radius 1 is 0.979 bits per heavy atom. The lowest BCUT2D eigenvalue weighted by molar-refractivity contribution is 0.0288. The van der Waals surface area contributed by atoms with Crippen molar-refractivity contribution in [3.63, 3.8) is 0 Å². The molecule has 48 heavy (non-hydrogen) atoms. The number of carbonyl (C=O) groups excluding carboxylic acids is 2. The zero-order valence-electron chi connectivity index (χ0n) is 28.3. The molecular weight excluding hydrogens is 614 g/mol. The van der Waals surface area contributed by atoms with E-state index in [1.165, 1.54) is 0 Å². The van der Waals surface area contributed by atoms with Crippen molar-refractivity contribution in [2.45, 2.75) is 71.9 Å². The smallest absolute Gasteiger partial charge is 0.410 e. The van der Waals surface area contributed by atoms with E-state index in [-0.39, 0.29) is 29.9 Å². The molecular formula is C35H47N7O6. The lowest BCUT2D eigenvalue weighted by Crippen LogP contribution is -2.36. The molecule has 0 radical (unpaired) electrons. The van der Waals surface area contributed by atoms with Gasteiger partial charge in [0.15, 0.2) is 0 Å². The molecule has 0 saturated carbocycles. The van der Waals surface area contributed by atoms with Gasteiger partial charge in [0.05, 0.1) is 25.4 Å². The number of amides is 2. The molecule has 1 atom stereocenters. The fourth-order valence-electron chi connectivity index (χ4n) is 5.36.